The number of aryl methyl sites for hydroxylation is 1. The number of anilines is 1. The van der Waals surface area contributed by atoms with Gasteiger partial charge in [0.05, 0.1) is 21.6 Å². The monoisotopic (exact) mass is 483 g/mol. The summed E-state index contributed by atoms with van der Waals surface area (Å²) in [5, 5.41) is 18.6. The van der Waals surface area contributed by atoms with E-state index in [-0.39, 0.29) is 17.2 Å². The topological polar surface area (TPSA) is 111 Å². The molecule has 2 aliphatic carbocycles. The summed E-state index contributed by atoms with van der Waals surface area (Å²) in [7, 11) is 0. The average Bonchev–Trinajstić information content (AvgIpc) is 3.10. The molecule has 0 aliphatic heterocycles. The van der Waals surface area contributed by atoms with Crippen molar-refractivity contribution in [3.63, 3.8) is 0 Å². The maximum Gasteiger partial charge on any atom is 0.365 e. The maximum absolute atomic E-state index is 13.6. The van der Waals surface area contributed by atoms with Crippen molar-refractivity contribution >= 4 is 40.6 Å². The molecule has 2 atom stereocenters. The molecule has 4 rings (SSSR count). The molecule has 0 saturated heterocycles. The molecule has 2 unspecified atom stereocenters. The molecule has 1 N–H and O–H groups in total. The Morgan fingerprint density at radius 1 is 1.12 bits per heavy atom. The number of benzene rings is 2. The van der Waals surface area contributed by atoms with E-state index in [1.165, 1.54) is 24.3 Å². The number of hydrogen-bond acceptors (Lipinski definition) is 6. The third kappa shape index (κ3) is 3.57. The maximum atomic E-state index is 13.6. The second-order valence-electron chi connectivity index (χ2n) is 9.85. The Kier molecular flexibility index (Phi) is 5.76. The van der Waals surface area contributed by atoms with Crippen LogP contribution in [0.2, 0.25) is 5.02 Å². The molecule has 178 valence electrons. The van der Waals surface area contributed by atoms with E-state index in [9.17, 15) is 19.7 Å². The van der Waals surface area contributed by atoms with Gasteiger partial charge in [0.1, 0.15) is 0 Å². The van der Waals surface area contributed by atoms with E-state index in [1.807, 2.05) is 19.1 Å². The predicted octanol–water partition coefficient (Wildman–Crippen LogP) is 5.92. The Labute approximate surface area is 202 Å². The van der Waals surface area contributed by atoms with Crippen molar-refractivity contribution in [2.75, 3.05) is 5.32 Å². The first kappa shape index (κ1) is 23.9. The Balaban J connectivity index is 1.56. The summed E-state index contributed by atoms with van der Waals surface area (Å²) in [6.07, 6.45) is 1.79. The van der Waals surface area contributed by atoms with Crippen molar-refractivity contribution in [3.8, 4) is 0 Å². The molecule has 2 bridgehead atoms. The largest absolute Gasteiger partial charge is 0.365 e. The fourth-order valence-corrected chi connectivity index (χ4v) is 5.49. The lowest BCUT2D eigenvalue weighted by Gasteiger charge is -2.39. The van der Waals surface area contributed by atoms with Crippen LogP contribution >= 0.6 is 11.6 Å². The van der Waals surface area contributed by atoms with E-state index >= 15 is 0 Å². The van der Waals surface area contributed by atoms with E-state index in [0.29, 0.717) is 29.3 Å². The number of amides is 1. The van der Waals surface area contributed by atoms with Crippen LogP contribution in [0.1, 0.15) is 56.0 Å². The van der Waals surface area contributed by atoms with Crippen molar-refractivity contribution in [2.24, 2.45) is 21.4 Å². The van der Waals surface area contributed by atoms with Gasteiger partial charge in [0.25, 0.3) is 5.69 Å². The Bertz CT molecular complexity index is 1220. The molecule has 2 aromatic rings. The summed E-state index contributed by atoms with van der Waals surface area (Å²) in [6.45, 7) is 8.07. The Morgan fingerprint density at radius 3 is 2.41 bits per heavy atom. The predicted molar refractivity (Wildman–Crippen MR) is 129 cm³/mol. The zero-order chi connectivity index (χ0) is 24.9. The number of non-ortho nitro benzene ring substituents is 1. The highest BCUT2D eigenvalue weighted by molar-refractivity contribution is 6.31. The van der Waals surface area contributed by atoms with Gasteiger partial charge in [-0.15, -0.1) is 0 Å². The van der Waals surface area contributed by atoms with Crippen molar-refractivity contribution in [3.05, 3.63) is 68.7 Å². The number of nitrogens with one attached hydrogen (secondary N) is 1. The van der Waals surface area contributed by atoms with Gasteiger partial charge in [0, 0.05) is 34.7 Å². The van der Waals surface area contributed by atoms with Gasteiger partial charge >= 0.3 is 5.97 Å². The molecule has 1 amide bonds. The Hall–Kier alpha value is -3.26. The number of hydrogen-bond donors (Lipinski definition) is 1. The second kappa shape index (κ2) is 8.20. The quantitative estimate of drug-likeness (QED) is 0.322. The van der Waals surface area contributed by atoms with E-state index in [1.54, 1.807) is 6.07 Å². The SMILES string of the molecule is Cc1ccc(NC(=O)C23CCC(C)(C(=NOC(=O)c4ccc([N+](=O)[O-])cc4)C2)C3(C)C)cc1Cl. The van der Waals surface area contributed by atoms with E-state index in [2.05, 4.69) is 31.2 Å². The van der Waals surface area contributed by atoms with Crippen LogP contribution < -0.4 is 5.32 Å². The molecule has 8 nitrogen and oxygen atoms in total. The number of nitrogens with zero attached hydrogens (tertiary/aromatic N) is 2. The molecule has 34 heavy (non-hydrogen) atoms. The number of halogens is 1. The average molecular weight is 484 g/mol. The number of oxime groups is 1. The fraction of sp³-hybridized carbons (Fsp3) is 0.400. The van der Waals surface area contributed by atoms with Crippen LogP contribution in [0.5, 0.6) is 0 Å². The first-order valence-corrected chi connectivity index (χ1v) is 11.4. The molecule has 2 aromatic carbocycles. The standard InChI is InChI=1S/C25H26ClN3O5/c1-15-5-8-17(13-19(15)26)27-22(31)25-12-11-24(4,23(25,2)3)20(14-25)28-34-21(30)16-6-9-18(10-7-16)29(32)33/h5-10,13H,11-12,14H2,1-4H3,(H,27,31). The van der Waals surface area contributed by atoms with Crippen LogP contribution in [0.3, 0.4) is 0 Å². The van der Waals surface area contributed by atoms with Crippen molar-refractivity contribution in [1.29, 1.82) is 0 Å². The van der Waals surface area contributed by atoms with Gasteiger partial charge in [-0.05, 0) is 55.0 Å². The molecule has 0 spiro atoms. The molecule has 0 heterocycles. The molecular weight excluding hydrogens is 458 g/mol. The third-order valence-electron chi connectivity index (χ3n) is 8.15. The summed E-state index contributed by atoms with van der Waals surface area (Å²) in [4.78, 5) is 41.5. The molecular formula is C25H26ClN3O5. The number of carbonyl (C=O) groups is 2. The first-order valence-electron chi connectivity index (χ1n) is 11.0. The van der Waals surface area contributed by atoms with Gasteiger partial charge in [0.15, 0.2) is 0 Å². The number of carbonyl (C=O) groups excluding carboxylic acids is 2. The fourth-order valence-electron chi connectivity index (χ4n) is 5.31. The smallest absolute Gasteiger partial charge is 0.326 e. The summed E-state index contributed by atoms with van der Waals surface area (Å²) in [5.74, 6) is -0.813. The number of nitro benzene ring substituents is 1. The minimum absolute atomic E-state index is 0.104. The molecule has 2 aliphatic rings. The van der Waals surface area contributed by atoms with Gasteiger partial charge in [-0.3, -0.25) is 14.9 Å². The van der Waals surface area contributed by atoms with E-state index in [0.717, 1.165) is 12.0 Å². The summed E-state index contributed by atoms with van der Waals surface area (Å²) >= 11 is 6.23. The highest BCUT2D eigenvalue weighted by Gasteiger charge is 2.71. The Morgan fingerprint density at radius 2 is 1.79 bits per heavy atom. The van der Waals surface area contributed by atoms with Gasteiger partial charge < -0.3 is 10.2 Å². The van der Waals surface area contributed by atoms with Gasteiger partial charge in [-0.1, -0.05) is 43.6 Å². The number of nitro groups is 1. The summed E-state index contributed by atoms with van der Waals surface area (Å²) in [5.41, 5.74) is 0.696. The third-order valence-corrected chi connectivity index (χ3v) is 8.56. The van der Waals surface area contributed by atoms with Crippen LogP contribution in [0, 0.1) is 33.3 Å². The summed E-state index contributed by atoms with van der Waals surface area (Å²) < 4.78 is 0. The zero-order valence-corrected chi connectivity index (χ0v) is 20.2. The van der Waals surface area contributed by atoms with E-state index < -0.39 is 27.1 Å². The van der Waals surface area contributed by atoms with Gasteiger partial charge in [-0.2, -0.15) is 0 Å². The van der Waals surface area contributed by atoms with Crippen molar-refractivity contribution in [1.82, 2.24) is 0 Å². The minimum atomic E-state index is -0.711. The first-order chi connectivity index (χ1) is 15.9. The lowest BCUT2D eigenvalue weighted by molar-refractivity contribution is -0.384. The molecule has 2 fully saturated rings. The second-order valence-corrected chi connectivity index (χ2v) is 10.3. The lowest BCUT2D eigenvalue weighted by atomic mass is 9.64. The molecule has 0 radical (unpaired) electrons. The lowest BCUT2D eigenvalue weighted by Crippen LogP contribution is -2.43. The van der Waals surface area contributed by atoms with Crippen LogP contribution in [0.15, 0.2) is 47.6 Å². The van der Waals surface area contributed by atoms with Crippen LogP contribution in [-0.4, -0.2) is 22.5 Å². The minimum Gasteiger partial charge on any atom is -0.326 e. The highest BCUT2D eigenvalue weighted by atomic mass is 35.5. The molecule has 9 heteroatoms. The van der Waals surface area contributed by atoms with Crippen molar-refractivity contribution < 1.29 is 19.3 Å². The summed E-state index contributed by atoms with van der Waals surface area (Å²) in [6, 6.07) is 10.6. The van der Waals surface area contributed by atoms with Crippen molar-refractivity contribution in [2.45, 2.75) is 47.0 Å². The zero-order valence-electron chi connectivity index (χ0n) is 19.5. The van der Waals surface area contributed by atoms with Crippen LogP contribution in [0.4, 0.5) is 11.4 Å². The number of rotatable bonds is 5. The molecule has 2 saturated carbocycles. The molecule has 0 aromatic heterocycles. The van der Waals surface area contributed by atoms with Gasteiger partial charge in [0.2, 0.25) is 5.91 Å². The van der Waals surface area contributed by atoms with E-state index in [4.69, 9.17) is 16.4 Å². The van der Waals surface area contributed by atoms with Crippen LogP contribution in [-0.2, 0) is 9.63 Å². The van der Waals surface area contributed by atoms with Gasteiger partial charge in [-0.25, -0.2) is 4.79 Å². The highest BCUT2D eigenvalue weighted by Crippen LogP contribution is 2.71. The van der Waals surface area contributed by atoms with Crippen LogP contribution in [0.25, 0.3) is 0 Å². The normalized spacial score (nSPS) is 25.9. The number of fused-ring (bicyclic) bond motifs is 2.